The fourth-order valence-corrected chi connectivity index (χ4v) is 1.27. The molecule has 1 amide bonds. The van der Waals surface area contributed by atoms with Crippen LogP contribution in [-0.2, 0) is 9.59 Å². The van der Waals surface area contributed by atoms with E-state index in [9.17, 15) is 9.59 Å². The molecule has 0 saturated heterocycles. The maximum atomic E-state index is 11.4. The van der Waals surface area contributed by atoms with Gasteiger partial charge >= 0.3 is 5.97 Å². The van der Waals surface area contributed by atoms with Crippen molar-refractivity contribution in [3.05, 3.63) is 0 Å². The van der Waals surface area contributed by atoms with Crippen LogP contribution in [0.2, 0.25) is 0 Å². The summed E-state index contributed by atoms with van der Waals surface area (Å²) in [7, 11) is 0. The zero-order valence-electron chi connectivity index (χ0n) is 9.75. The van der Waals surface area contributed by atoms with Crippen molar-refractivity contribution in [3.63, 3.8) is 0 Å². The second-order valence-corrected chi connectivity index (χ2v) is 3.87. The lowest BCUT2D eigenvalue weighted by Gasteiger charge is -2.19. The second-order valence-electron chi connectivity index (χ2n) is 3.87. The van der Waals surface area contributed by atoms with Gasteiger partial charge in [-0.1, -0.05) is 33.6 Å². The van der Waals surface area contributed by atoms with Crippen LogP contribution in [0.1, 0.15) is 46.5 Å². The highest BCUT2D eigenvalue weighted by molar-refractivity contribution is 5.83. The summed E-state index contributed by atoms with van der Waals surface area (Å²) in [4.78, 5) is 22.3. The smallest absolute Gasteiger partial charge is 0.326 e. The SMILES string of the molecule is CCCCC(=O)NC(C(=O)O)C(C)CC. The van der Waals surface area contributed by atoms with E-state index < -0.39 is 12.0 Å². The Morgan fingerprint density at radius 2 is 1.93 bits per heavy atom. The van der Waals surface area contributed by atoms with Crippen molar-refractivity contribution >= 4 is 11.9 Å². The first-order valence-electron chi connectivity index (χ1n) is 5.55. The normalized spacial score (nSPS) is 14.3. The van der Waals surface area contributed by atoms with Crippen LogP contribution < -0.4 is 5.32 Å². The number of rotatable bonds is 7. The van der Waals surface area contributed by atoms with Crippen LogP contribution in [0.3, 0.4) is 0 Å². The van der Waals surface area contributed by atoms with E-state index in [-0.39, 0.29) is 11.8 Å². The first-order chi connectivity index (χ1) is 7.02. The summed E-state index contributed by atoms with van der Waals surface area (Å²) in [6, 6.07) is -0.751. The fourth-order valence-electron chi connectivity index (χ4n) is 1.27. The summed E-state index contributed by atoms with van der Waals surface area (Å²) >= 11 is 0. The van der Waals surface area contributed by atoms with E-state index in [0.29, 0.717) is 6.42 Å². The predicted molar refractivity (Wildman–Crippen MR) is 58.5 cm³/mol. The molecule has 0 heterocycles. The Labute approximate surface area is 91.1 Å². The Balaban J connectivity index is 4.16. The van der Waals surface area contributed by atoms with Crippen molar-refractivity contribution in [2.24, 2.45) is 5.92 Å². The molecule has 0 saturated carbocycles. The number of carboxylic acid groups (broad SMARTS) is 1. The quantitative estimate of drug-likeness (QED) is 0.680. The number of hydrogen-bond donors (Lipinski definition) is 2. The van der Waals surface area contributed by atoms with Crippen LogP contribution in [0.5, 0.6) is 0 Å². The lowest BCUT2D eigenvalue weighted by Crippen LogP contribution is -2.44. The Morgan fingerprint density at radius 3 is 2.33 bits per heavy atom. The minimum atomic E-state index is -0.950. The molecule has 0 rings (SSSR count). The van der Waals surface area contributed by atoms with Crippen LogP contribution in [-0.4, -0.2) is 23.0 Å². The Morgan fingerprint density at radius 1 is 1.33 bits per heavy atom. The second kappa shape index (κ2) is 7.26. The Hall–Kier alpha value is -1.06. The molecule has 15 heavy (non-hydrogen) atoms. The van der Waals surface area contributed by atoms with Crippen molar-refractivity contribution in [1.82, 2.24) is 5.32 Å². The van der Waals surface area contributed by atoms with Crippen LogP contribution in [0, 0.1) is 5.92 Å². The van der Waals surface area contributed by atoms with E-state index >= 15 is 0 Å². The lowest BCUT2D eigenvalue weighted by atomic mass is 9.99. The van der Waals surface area contributed by atoms with Crippen LogP contribution in [0.25, 0.3) is 0 Å². The van der Waals surface area contributed by atoms with Crippen molar-refractivity contribution in [3.8, 4) is 0 Å². The molecule has 2 N–H and O–H groups in total. The van der Waals surface area contributed by atoms with Gasteiger partial charge in [-0.3, -0.25) is 4.79 Å². The highest BCUT2D eigenvalue weighted by Crippen LogP contribution is 2.08. The fraction of sp³-hybridized carbons (Fsp3) is 0.818. The van der Waals surface area contributed by atoms with Gasteiger partial charge in [0.2, 0.25) is 5.91 Å². The number of amides is 1. The maximum Gasteiger partial charge on any atom is 0.326 e. The van der Waals surface area contributed by atoms with E-state index in [1.165, 1.54) is 0 Å². The zero-order chi connectivity index (χ0) is 11.8. The number of carboxylic acids is 1. The zero-order valence-corrected chi connectivity index (χ0v) is 9.75. The summed E-state index contributed by atoms with van der Waals surface area (Å²) in [6.45, 7) is 5.74. The first-order valence-corrected chi connectivity index (χ1v) is 5.55. The summed E-state index contributed by atoms with van der Waals surface area (Å²) < 4.78 is 0. The number of unbranched alkanes of at least 4 members (excludes halogenated alkanes) is 1. The number of hydrogen-bond acceptors (Lipinski definition) is 2. The molecule has 0 radical (unpaired) electrons. The summed E-state index contributed by atoms with van der Waals surface area (Å²) in [5.41, 5.74) is 0. The van der Waals surface area contributed by atoms with Crippen LogP contribution >= 0.6 is 0 Å². The molecular formula is C11H21NO3. The van der Waals surface area contributed by atoms with Gasteiger partial charge in [-0.05, 0) is 12.3 Å². The maximum absolute atomic E-state index is 11.4. The van der Waals surface area contributed by atoms with E-state index in [4.69, 9.17) is 5.11 Å². The molecule has 0 aliphatic carbocycles. The summed E-state index contributed by atoms with van der Waals surface area (Å²) in [5.74, 6) is -1.15. The number of carbonyl (C=O) groups excluding carboxylic acids is 1. The van der Waals surface area contributed by atoms with Gasteiger partial charge in [0.05, 0.1) is 0 Å². The third-order valence-corrected chi connectivity index (χ3v) is 2.55. The van der Waals surface area contributed by atoms with E-state index in [1.807, 2.05) is 20.8 Å². The van der Waals surface area contributed by atoms with Gasteiger partial charge in [-0.15, -0.1) is 0 Å². The largest absolute Gasteiger partial charge is 0.480 e. The molecule has 0 bridgehead atoms. The minimum Gasteiger partial charge on any atom is -0.480 e. The van der Waals surface area contributed by atoms with Gasteiger partial charge < -0.3 is 10.4 Å². The third-order valence-electron chi connectivity index (χ3n) is 2.55. The van der Waals surface area contributed by atoms with Crippen molar-refractivity contribution in [2.45, 2.75) is 52.5 Å². The molecular weight excluding hydrogens is 194 g/mol. The summed E-state index contributed by atoms with van der Waals surface area (Å²) in [5, 5.41) is 11.5. The molecule has 0 aliphatic heterocycles. The molecule has 0 aliphatic rings. The molecule has 0 aromatic rings. The Bertz CT molecular complexity index is 216. The first kappa shape index (κ1) is 13.9. The van der Waals surface area contributed by atoms with Gasteiger partial charge in [-0.25, -0.2) is 4.79 Å². The number of carbonyl (C=O) groups is 2. The molecule has 0 aromatic heterocycles. The summed E-state index contributed by atoms with van der Waals surface area (Å²) in [6.07, 6.45) is 2.90. The van der Waals surface area contributed by atoms with Gasteiger partial charge in [-0.2, -0.15) is 0 Å². The van der Waals surface area contributed by atoms with Crippen molar-refractivity contribution in [1.29, 1.82) is 0 Å². The average Bonchev–Trinajstić information content (AvgIpc) is 2.21. The Kier molecular flexibility index (Phi) is 6.75. The average molecular weight is 215 g/mol. The molecule has 2 atom stereocenters. The lowest BCUT2D eigenvalue weighted by molar-refractivity contribution is -0.143. The predicted octanol–water partition coefficient (Wildman–Crippen LogP) is 1.79. The standard InChI is InChI=1S/C11H21NO3/c1-4-6-7-9(13)12-10(11(14)15)8(3)5-2/h8,10H,4-7H2,1-3H3,(H,12,13)(H,14,15). The topological polar surface area (TPSA) is 66.4 Å². The molecule has 2 unspecified atom stereocenters. The van der Waals surface area contributed by atoms with E-state index in [0.717, 1.165) is 19.3 Å². The van der Waals surface area contributed by atoms with Crippen LogP contribution in [0.15, 0.2) is 0 Å². The van der Waals surface area contributed by atoms with Gasteiger partial charge in [0, 0.05) is 6.42 Å². The minimum absolute atomic E-state index is 0.0342. The molecule has 4 nitrogen and oxygen atoms in total. The molecule has 4 heteroatoms. The molecule has 0 aromatic carbocycles. The third kappa shape index (κ3) is 5.40. The molecule has 0 spiro atoms. The monoisotopic (exact) mass is 215 g/mol. The number of aliphatic carboxylic acids is 1. The highest BCUT2D eigenvalue weighted by Gasteiger charge is 2.24. The van der Waals surface area contributed by atoms with Crippen molar-refractivity contribution in [2.75, 3.05) is 0 Å². The van der Waals surface area contributed by atoms with E-state index in [1.54, 1.807) is 0 Å². The molecule has 88 valence electrons. The van der Waals surface area contributed by atoms with E-state index in [2.05, 4.69) is 5.32 Å². The number of nitrogens with one attached hydrogen (secondary N) is 1. The van der Waals surface area contributed by atoms with Crippen LogP contribution in [0.4, 0.5) is 0 Å². The molecule has 0 fully saturated rings. The van der Waals surface area contributed by atoms with Crippen molar-refractivity contribution < 1.29 is 14.7 Å². The van der Waals surface area contributed by atoms with Gasteiger partial charge in [0.25, 0.3) is 0 Å². The van der Waals surface area contributed by atoms with Gasteiger partial charge in [0.15, 0.2) is 0 Å². The highest BCUT2D eigenvalue weighted by atomic mass is 16.4. The van der Waals surface area contributed by atoms with Gasteiger partial charge in [0.1, 0.15) is 6.04 Å².